The van der Waals surface area contributed by atoms with E-state index in [9.17, 15) is 15.3 Å². The molecule has 0 saturated carbocycles. The van der Waals surface area contributed by atoms with Crippen molar-refractivity contribution in [3.63, 3.8) is 0 Å². The molecule has 0 aromatic heterocycles. The molecule has 23 heavy (non-hydrogen) atoms. The number of hydrogen-bond acceptors (Lipinski definition) is 3. The zero-order valence-corrected chi connectivity index (χ0v) is 14.5. The summed E-state index contributed by atoms with van der Waals surface area (Å²) >= 11 is 0. The second-order valence-corrected chi connectivity index (χ2v) is 8.03. The molecule has 3 N–H and O–H groups in total. The third kappa shape index (κ3) is 3.79. The van der Waals surface area contributed by atoms with Gasteiger partial charge in [-0.3, -0.25) is 0 Å². The molecule has 0 aliphatic carbocycles. The molecule has 2 rings (SSSR count). The minimum atomic E-state index is -0.214. The van der Waals surface area contributed by atoms with Gasteiger partial charge in [-0.1, -0.05) is 52.8 Å². The van der Waals surface area contributed by atoms with Gasteiger partial charge in [0.1, 0.15) is 5.75 Å². The van der Waals surface area contributed by atoms with Gasteiger partial charge in [-0.05, 0) is 41.0 Å². The molecule has 0 spiro atoms. The van der Waals surface area contributed by atoms with Crippen LogP contribution in [0.15, 0.2) is 36.4 Å². The van der Waals surface area contributed by atoms with Crippen molar-refractivity contribution >= 4 is 0 Å². The fraction of sp³-hybridized carbons (Fsp3) is 0.400. The lowest BCUT2D eigenvalue weighted by Crippen LogP contribution is -2.24. The summed E-state index contributed by atoms with van der Waals surface area (Å²) in [4.78, 5) is 0. The first-order valence-electron chi connectivity index (χ1n) is 7.86. The highest BCUT2D eigenvalue weighted by Crippen LogP contribution is 2.43. The Morgan fingerprint density at radius 2 is 1.43 bits per heavy atom. The van der Waals surface area contributed by atoms with Gasteiger partial charge < -0.3 is 15.3 Å². The van der Waals surface area contributed by atoms with Crippen molar-refractivity contribution in [1.29, 1.82) is 0 Å². The average Bonchev–Trinajstić information content (AvgIpc) is 2.40. The lowest BCUT2D eigenvalue weighted by Gasteiger charge is -2.33. The van der Waals surface area contributed by atoms with E-state index in [0.29, 0.717) is 11.1 Å². The molecule has 0 bridgehead atoms. The van der Waals surface area contributed by atoms with E-state index in [-0.39, 0.29) is 28.1 Å². The fourth-order valence-corrected chi connectivity index (χ4v) is 3.35. The number of phenols is 3. The second kappa shape index (κ2) is 5.80. The van der Waals surface area contributed by atoms with Crippen molar-refractivity contribution in [2.24, 2.45) is 5.41 Å². The summed E-state index contributed by atoms with van der Waals surface area (Å²) in [5.41, 5.74) is 2.14. The molecule has 3 heteroatoms. The fourth-order valence-electron chi connectivity index (χ4n) is 3.35. The normalized spacial score (nSPS) is 12.4. The smallest absolute Gasteiger partial charge is 0.165 e. The van der Waals surface area contributed by atoms with Gasteiger partial charge in [0.15, 0.2) is 11.5 Å². The van der Waals surface area contributed by atoms with Gasteiger partial charge in [0.25, 0.3) is 0 Å². The maximum Gasteiger partial charge on any atom is 0.165 e. The van der Waals surface area contributed by atoms with Gasteiger partial charge in [-0.25, -0.2) is 0 Å². The largest absolute Gasteiger partial charge is 0.507 e. The molecule has 0 aliphatic heterocycles. The third-order valence-corrected chi connectivity index (χ3v) is 4.06. The van der Waals surface area contributed by atoms with E-state index in [4.69, 9.17) is 0 Å². The van der Waals surface area contributed by atoms with Gasteiger partial charge in [0.2, 0.25) is 0 Å². The molecular formula is C20H26O3. The average molecular weight is 314 g/mol. The highest BCUT2D eigenvalue weighted by atomic mass is 16.3. The minimum absolute atomic E-state index is 0.0762. The van der Waals surface area contributed by atoms with Crippen molar-refractivity contribution in [1.82, 2.24) is 0 Å². The predicted octanol–water partition coefficient (Wildman–Crippen LogP) is 5.18. The Balaban J connectivity index is 2.54. The van der Waals surface area contributed by atoms with Crippen LogP contribution in [0.5, 0.6) is 17.2 Å². The van der Waals surface area contributed by atoms with Crippen LogP contribution in [0.3, 0.4) is 0 Å². The maximum atomic E-state index is 10.2. The number of para-hydroxylation sites is 1. The van der Waals surface area contributed by atoms with Crippen molar-refractivity contribution in [3.8, 4) is 28.4 Å². The van der Waals surface area contributed by atoms with E-state index < -0.39 is 0 Å². The van der Waals surface area contributed by atoms with Crippen LogP contribution in [0.1, 0.15) is 46.6 Å². The van der Waals surface area contributed by atoms with Crippen molar-refractivity contribution < 1.29 is 15.3 Å². The highest BCUT2D eigenvalue weighted by molar-refractivity contribution is 5.78. The van der Waals surface area contributed by atoms with Crippen molar-refractivity contribution in [3.05, 3.63) is 42.0 Å². The monoisotopic (exact) mass is 314 g/mol. The van der Waals surface area contributed by atoms with Crippen LogP contribution in [-0.4, -0.2) is 15.3 Å². The third-order valence-electron chi connectivity index (χ3n) is 4.06. The summed E-state index contributed by atoms with van der Waals surface area (Å²) in [5.74, 6) is -0.323. The van der Waals surface area contributed by atoms with E-state index in [2.05, 4.69) is 34.6 Å². The Labute approximate surface area is 138 Å². The van der Waals surface area contributed by atoms with Gasteiger partial charge in [0.05, 0.1) is 0 Å². The molecule has 0 fully saturated rings. The second-order valence-electron chi connectivity index (χ2n) is 8.03. The Morgan fingerprint density at radius 1 is 0.783 bits per heavy atom. The summed E-state index contributed by atoms with van der Waals surface area (Å²) in [5, 5.41) is 30.0. The summed E-state index contributed by atoms with van der Waals surface area (Å²) < 4.78 is 0. The lowest BCUT2D eigenvalue weighted by atomic mass is 9.72. The Kier molecular flexibility index (Phi) is 4.34. The van der Waals surface area contributed by atoms with E-state index in [0.717, 1.165) is 12.0 Å². The minimum Gasteiger partial charge on any atom is -0.507 e. The van der Waals surface area contributed by atoms with Gasteiger partial charge >= 0.3 is 0 Å². The Bertz CT molecular complexity index is 709. The van der Waals surface area contributed by atoms with Gasteiger partial charge in [-0.2, -0.15) is 0 Å². The van der Waals surface area contributed by atoms with Crippen LogP contribution in [0.25, 0.3) is 11.1 Å². The maximum absolute atomic E-state index is 10.2. The van der Waals surface area contributed by atoms with Gasteiger partial charge in [0, 0.05) is 11.1 Å². The first-order chi connectivity index (χ1) is 10.5. The lowest BCUT2D eigenvalue weighted by molar-refractivity contribution is 0.284. The van der Waals surface area contributed by atoms with Crippen LogP contribution in [-0.2, 0) is 5.41 Å². The van der Waals surface area contributed by atoms with Crippen molar-refractivity contribution in [2.45, 2.75) is 46.5 Å². The number of benzene rings is 2. The first kappa shape index (κ1) is 17.2. The molecular weight excluding hydrogens is 288 g/mol. The molecule has 3 nitrogen and oxygen atoms in total. The SMILES string of the molecule is CC(C)(C)CC(C)(C)c1ccc(O)c(-c2cccc(O)c2O)c1. The first-order valence-corrected chi connectivity index (χ1v) is 7.86. The van der Waals surface area contributed by atoms with Crippen LogP contribution in [0, 0.1) is 5.41 Å². The molecule has 0 unspecified atom stereocenters. The molecule has 2 aromatic carbocycles. The quantitative estimate of drug-likeness (QED) is 0.684. The number of rotatable bonds is 3. The molecule has 0 amide bonds. The molecule has 0 atom stereocenters. The van der Waals surface area contributed by atoms with E-state index in [1.54, 1.807) is 18.2 Å². The number of phenolic OH excluding ortho intramolecular Hbond substituents is 3. The van der Waals surface area contributed by atoms with E-state index >= 15 is 0 Å². The molecule has 0 radical (unpaired) electrons. The zero-order valence-electron chi connectivity index (χ0n) is 14.5. The number of hydrogen-bond donors (Lipinski definition) is 3. The molecule has 0 saturated heterocycles. The van der Waals surface area contributed by atoms with E-state index in [1.165, 1.54) is 6.07 Å². The Hall–Kier alpha value is -2.16. The van der Waals surface area contributed by atoms with Crippen molar-refractivity contribution in [2.75, 3.05) is 0 Å². The number of aromatic hydroxyl groups is 3. The topological polar surface area (TPSA) is 60.7 Å². The Morgan fingerprint density at radius 3 is 2.04 bits per heavy atom. The van der Waals surface area contributed by atoms with Crippen LogP contribution in [0.2, 0.25) is 0 Å². The molecule has 124 valence electrons. The molecule has 0 heterocycles. The zero-order chi connectivity index (χ0) is 17.4. The molecule has 2 aromatic rings. The van der Waals surface area contributed by atoms with Crippen LogP contribution >= 0.6 is 0 Å². The highest BCUT2D eigenvalue weighted by Gasteiger charge is 2.28. The van der Waals surface area contributed by atoms with Crippen LogP contribution in [0.4, 0.5) is 0 Å². The predicted molar refractivity (Wildman–Crippen MR) is 94.0 cm³/mol. The standard InChI is InChI=1S/C20H26O3/c1-19(2,3)12-20(4,5)13-9-10-16(21)15(11-13)14-7-6-8-17(22)18(14)23/h6-11,21-23H,12H2,1-5H3. The molecule has 0 aliphatic rings. The summed E-state index contributed by atoms with van der Waals surface area (Å²) in [6.07, 6.45) is 0.982. The van der Waals surface area contributed by atoms with Gasteiger partial charge in [-0.15, -0.1) is 0 Å². The van der Waals surface area contributed by atoms with E-state index in [1.807, 2.05) is 12.1 Å². The summed E-state index contributed by atoms with van der Waals surface area (Å²) in [7, 11) is 0. The summed E-state index contributed by atoms with van der Waals surface area (Å²) in [6.45, 7) is 11.0. The summed E-state index contributed by atoms with van der Waals surface area (Å²) in [6, 6.07) is 10.2. The van der Waals surface area contributed by atoms with Crippen LogP contribution < -0.4 is 0 Å².